The molecule has 17 bridgehead atoms. The van der Waals surface area contributed by atoms with Crippen LogP contribution in [0.2, 0.25) is 10.0 Å². The number of alkyl halides is 1. The van der Waals surface area contributed by atoms with Crippen LogP contribution in [0.15, 0.2) is 146 Å². The Labute approximate surface area is 579 Å². The Kier molecular flexibility index (Phi) is 19.3. The topological polar surface area (TPSA) is 398 Å². The third-order valence-corrected chi connectivity index (χ3v) is 17.3. The number of phenols is 5. The number of esters is 1. The molecular weight excluding hydrogens is 1400 g/mol. The molecule has 0 aliphatic carbocycles. The maximum absolute atomic E-state index is 16.1. The van der Waals surface area contributed by atoms with Gasteiger partial charge in [-0.25, -0.2) is 9.59 Å². The molecule has 0 fully saturated rings. The van der Waals surface area contributed by atoms with Gasteiger partial charge in [-0.2, -0.15) is 0 Å². The number of amides is 7. The lowest BCUT2D eigenvalue weighted by Gasteiger charge is -2.31. The van der Waals surface area contributed by atoms with E-state index in [9.17, 15) is 49.8 Å². The van der Waals surface area contributed by atoms with Crippen LogP contribution in [0.25, 0.3) is 11.1 Å². The van der Waals surface area contributed by atoms with Gasteiger partial charge in [-0.1, -0.05) is 93.7 Å². The van der Waals surface area contributed by atoms with Crippen molar-refractivity contribution in [1.29, 1.82) is 0 Å². The molecule has 13 N–H and O–H groups in total. The van der Waals surface area contributed by atoms with Crippen molar-refractivity contribution in [3.05, 3.63) is 200 Å². The standard InChI is InChI=1S/C69H56BrCl2N7O20/c1-94-68(92)58-41-27-38(81)28-47(84)53(41)40-21-32(8-11-45(40)82)54-64(88)78-59(67(91)77-58)60(85)34-10-14-49(43(72)22-34)99-52-25-36-24-51(61(52)95-16-15-70)98-48-13-7-31(17-42(48)71)18-44-62(86)74-56(65(89)76-57(36)66(90)75-54)35-19-37(80)26-39(20-35)97-50-23-33(9-12-46(50)83)55(63(87)73-44)79-69(93)96-29-30-5-3-2-4-6-30/h2-14,17,19-28,44,54-60,80-85H,15-16,18,29H2,1H3,(H,73,87)(H,74,86)(H,75,90)(H,76,89)(H,77,91)(H,78,88)(H,79,93)/t44-,54-,55-,56+,57-,58-,59+,60-/m1/s1. The monoisotopic (exact) mass is 1450 g/mol. The number of rotatable bonds is 7. The maximum atomic E-state index is 16.1. The molecule has 6 aliphatic heterocycles. The van der Waals surface area contributed by atoms with Crippen molar-refractivity contribution in [2.45, 2.75) is 61.4 Å². The highest BCUT2D eigenvalue weighted by Gasteiger charge is 2.42. The number of benzene rings is 8. The molecule has 30 heteroatoms. The maximum Gasteiger partial charge on any atom is 0.408 e. The molecule has 508 valence electrons. The first kappa shape index (κ1) is 67.5. The number of halogens is 3. The van der Waals surface area contributed by atoms with Crippen molar-refractivity contribution < 1.29 is 97.4 Å². The zero-order valence-electron chi connectivity index (χ0n) is 51.3. The van der Waals surface area contributed by atoms with Crippen molar-refractivity contribution in [3.63, 3.8) is 0 Å². The minimum Gasteiger partial charge on any atom is -0.508 e. The van der Waals surface area contributed by atoms with E-state index < -0.39 is 137 Å². The summed E-state index contributed by atoms with van der Waals surface area (Å²) in [7, 11) is 0.971. The van der Waals surface area contributed by atoms with Gasteiger partial charge in [0.05, 0.1) is 23.8 Å². The molecule has 8 atom stereocenters. The number of hydrogen-bond donors (Lipinski definition) is 13. The van der Waals surface area contributed by atoms with Gasteiger partial charge in [0.25, 0.3) is 0 Å². The number of hydrogen-bond acceptors (Lipinski definition) is 20. The molecule has 0 spiro atoms. The van der Waals surface area contributed by atoms with Crippen molar-refractivity contribution in [2.24, 2.45) is 0 Å². The average Bonchev–Trinajstić information content (AvgIpc) is 0.772. The first-order valence-corrected chi connectivity index (χ1v) is 32.0. The van der Waals surface area contributed by atoms with Gasteiger partial charge < -0.3 is 96.3 Å². The minimum atomic E-state index is -2.16. The first-order chi connectivity index (χ1) is 47.5. The molecular formula is C69H56BrCl2N7O20. The van der Waals surface area contributed by atoms with Crippen molar-refractivity contribution in [1.82, 2.24) is 37.2 Å². The molecule has 27 nitrogen and oxygen atoms in total. The summed E-state index contributed by atoms with van der Waals surface area (Å²) in [5.41, 5.74) is -1.13. The second kappa shape index (κ2) is 28.3. The van der Waals surface area contributed by atoms with Crippen LogP contribution in [0.5, 0.6) is 69.0 Å². The summed E-state index contributed by atoms with van der Waals surface area (Å²) in [6.07, 6.45) is -3.60. The number of methoxy groups -OCH3 is 1. The highest BCUT2D eigenvalue weighted by atomic mass is 79.9. The van der Waals surface area contributed by atoms with Gasteiger partial charge in [-0.15, -0.1) is 0 Å². The number of nitrogens with one attached hydrogen (secondary N) is 7. The number of fused-ring (bicyclic) bond motifs is 14. The van der Waals surface area contributed by atoms with Gasteiger partial charge in [0, 0.05) is 40.6 Å². The normalized spacial score (nSPS) is 20.4. The summed E-state index contributed by atoms with van der Waals surface area (Å²) < 4.78 is 36.2. The number of aromatic hydroxyl groups is 5. The molecule has 99 heavy (non-hydrogen) atoms. The van der Waals surface area contributed by atoms with E-state index in [1.54, 1.807) is 30.3 Å². The van der Waals surface area contributed by atoms with Crippen LogP contribution >= 0.6 is 39.1 Å². The SMILES string of the molecule is COC(=O)[C@@H]1NC(=O)[C@H]2NC(=O)[C@H](NC(=O)[C@@H]3NC(=O)[C@H]4NC(=O)[C@@H](Cc5ccc(c(Cl)c5)Oc5cc3cc(c5OCCBr)Oc3ccc(cc3Cl)[C@H]2O)NC(=O)[C@H](NC(=O)OCc2ccccc2)c2ccc(O)c(c2)Oc2cc(O)cc4c2)c2ccc(O)c(c2)-c2c(O)cc(O)cc21. The van der Waals surface area contributed by atoms with Crippen LogP contribution in [0.3, 0.4) is 0 Å². The van der Waals surface area contributed by atoms with E-state index in [1.807, 2.05) is 0 Å². The lowest BCUT2D eigenvalue weighted by molar-refractivity contribution is -0.146. The van der Waals surface area contributed by atoms with Crippen LogP contribution in [0, 0.1) is 0 Å². The fraction of sp³-hybridized carbons (Fsp3) is 0.188. The Morgan fingerprint density at radius 1 is 0.566 bits per heavy atom. The van der Waals surface area contributed by atoms with Crippen molar-refractivity contribution in [3.8, 4) is 80.1 Å². The molecule has 0 saturated heterocycles. The fourth-order valence-electron chi connectivity index (χ4n) is 11.6. The Morgan fingerprint density at radius 3 is 1.87 bits per heavy atom. The third-order valence-electron chi connectivity index (χ3n) is 16.4. The van der Waals surface area contributed by atoms with Crippen LogP contribution < -0.4 is 56.2 Å². The Hall–Kier alpha value is -11.5. The van der Waals surface area contributed by atoms with Crippen molar-refractivity contribution in [2.75, 3.05) is 19.0 Å². The first-order valence-electron chi connectivity index (χ1n) is 30.1. The van der Waals surface area contributed by atoms with E-state index >= 15 is 19.2 Å². The molecule has 0 radical (unpaired) electrons. The second-order valence-corrected chi connectivity index (χ2v) is 24.6. The summed E-state index contributed by atoms with van der Waals surface area (Å²) in [6.45, 7) is -0.319. The zero-order chi connectivity index (χ0) is 70.1. The molecule has 6 heterocycles. The predicted molar refractivity (Wildman–Crippen MR) is 353 cm³/mol. The van der Waals surface area contributed by atoms with Gasteiger partial charge in [-0.3, -0.25) is 28.8 Å². The third kappa shape index (κ3) is 14.4. The van der Waals surface area contributed by atoms with Gasteiger partial charge >= 0.3 is 12.1 Å². The lowest BCUT2D eigenvalue weighted by Crippen LogP contribution is -2.55. The smallest absolute Gasteiger partial charge is 0.408 e. The van der Waals surface area contributed by atoms with E-state index in [-0.39, 0.29) is 113 Å². The van der Waals surface area contributed by atoms with Gasteiger partial charge in [0.1, 0.15) is 89.2 Å². The van der Waals surface area contributed by atoms with Gasteiger partial charge in [-0.05, 0) is 118 Å². The highest BCUT2D eigenvalue weighted by molar-refractivity contribution is 9.09. The molecule has 14 rings (SSSR count). The number of carbonyl (C=O) groups excluding carboxylic acids is 8. The molecule has 0 saturated carbocycles. The number of aliphatic hydroxyl groups is 1. The molecule has 6 aliphatic rings. The number of carbonyl (C=O) groups is 8. The lowest BCUT2D eigenvalue weighted by atomic mass is 9.89. The number of aliphatic hydroxyl groups excluding tert-OH is 1. The van der Waals surface area contributed by atoms with E-state index in [0.717, 1.165) is 49.6 Å². The number of phenolic OH excluding ortho intramolecular Hbond substituents is 5. The van der Waals surface area contributed by atoms with E-state index in [4.69, 9.17) is 51.6 Å². The van der Waals surface area contributed by atoms with Crippen LogP contribution in [0.4, 0.5) is 4.79 Å². The quantitative estimate of drug-likeness (QED) is 0.0529. The number of alkyl carbamates (subject to hydrolysis) is 1. The fourth-order valence-corrected chi connectivity index (χ4v) is 12.3. The molecule has 8 aromatic rings. The van der Waals surface area contributed by atoms with E-state index in [2.05, 4.69) is 53.1 Å². The van der Waals surface area contributed by atoms with Crippen molar-refractivity contribution >= 4 is 86.6 Å². The summed E-state index contributed by atoms with van der Waals surface area (Å²) in [4.78, 5) is 120. The Bertz CT molecular complexity index is 4620. The Morgan fingerprint density at radius 2 is 1.18 bits per heavy atom. The zero-order valence-corrected chi connectivity index (χ0v) is 54.4. The highest BCUT2D eigenvalue weighted by Crippen LogP contribution is 2.49. The summed E-state index contributed by atoms with van der Waals surface area (Å²) in [5, 5.41) is 87.2. The molecule has 0 aromatic heterocycles. The summed E-state index contributed by atoms with van der Waals surface area (Å²) in [6, 6.07) is 17.6. The average molecular weight is 1450 g/mol. The van der Waals surface area contributed by atoms with Crippen LogP contribution in [-0.2, 0) is 56.1 Å². The molecule has 8 aromatic carbocycles. The van der Waals surface area contributed by atoms with Crippen LogP contribution in [-0.4, -0.2) is 109 Å². The van der Waals surface area contributed by atoms with E-state index in [1.165, 1.54) is 72.8 Å². The predicted octanol–water partition coefficient (Wildman–Crippen LogP) is 8.11. The summed E-state index contributed by atoms with van der Waals surface area (Å²) >= 11 is 17.5. The molecule has 7 amide bonds. The molecule has 0 unspecified atom stereocenters. The number of ether oxygens (including phenoxy) is 6. The second-order valence-electron chi connectivity index (χ2n) is 23.0. The van der Waals surface area contributed by atoms with Gasteiger partial charge in [0.2, 0.25) is 41.2 Å². The summed E-state index contributed by atoms with van der Waals surface area (Å²) in [5.74, 6) is -13.2. The minimum absolute atomic E-state index is 0.00296. The van der Waals surface area contributed by atoms with Crippen LogP contribution in [0.1, 0.15) is 80.8 Å². The van der Waals surface area contributed by atoms with Gasteiger partial charge in [0.15, 0.2) is 29.0 Å². The van der Waals surface area contributed by atoms with E-state index in [0.29, 0.717) is 5.56 Å². The Balaban J connectivity index is 1.06. The largest absolute Gasteiger partial charge is 0.508 e.